The molecule has 0 aliphatic rings. The number of rotatable bonds is 4. The Morgan fingerprint density at radius 1 is 1.20 bits per heavy atom. The van der Waals surface area contributed by atoms with Crippen LogP contribution in [0.1, 0.15) is 16.3 Å². The van der Waals surface area contributed by atoms with E-state index in [1.54, 1.807) is 22.1 Å². The lowest BCUT2D eigenvalue weighted by molar-refractivity contribution is -0.111. The molecule has 0 aliphatic carbocycles. The Labute approximate surface area is 159 Å². The summed E-state index contributed by atoms with van der Waals surface area (Å²) in [5.74, 6) is -0.155. The molecule has 2 heterocycles. The highest BCUT2D eigenvalue weighted by Crippen LogP contribution is 2.29. The first kappa shape index (κ1) is 17.6. The molecular weight excluding hydrogens is 398 g/mol. The molecule has 1 amide bonds. The van der Waals surface area contributed by atoms with Gasteiger partial charge in [-0.15, -0.1) is 11.3 Å². The second-order valence-electron chi connectivity index (χ2n) is 5.70. The number of carbonyl (C=O) groups excluding carboxylic acids is 1. The molecule has 1 N–H and O–H groups in total. The lowest BCUT2D eigenvalue weighted by Gasteiger charge is -2.02. The zero-order valence-electron chi connectivity index (χ0n) is 14.2. The van der Waals surface area contributed by atoms with E-state index in [0.29, 0.717) is 0 Å². The second kappa shape index (κ2) is 7.37. The number of anilines is 1. The molecule has 1 aromatic carbocycles. The van der Waals surface area contributed by atoms with Crippen LogP contribution in [0.5, 0.6) is 0 Å². The van der Waals surface area contributed by atoms with Crippen LogP contribution in [-0.4, -0.2) is 15.7 Å². The van der Waals surface area contributed by atoms with Crippen molar-refractivity contribution < 1.29 is 4.79 Å². The Kier molecular flexibility index (Phi) is 5.20. The number of amides is 1. The van der Waals surface area contributed by atoms with Crippen molar-refractivity contribution in [2.24, 2.45) is 7.05 Å². The summed E-state index contributed by atoms with van der Waals surface area (Å²) in [6.45, 7) is 3.82. The quantitative estimate of drug-likeness (QED) is 0.596. The van der Waals surface area contributed by atoms with Gasteiger partial charge in [0.15, 0.2) is 0 Å². The highest BCUT2D eigenvalue weighted by molar-refractivity contribution is 9.10. The SMILES string of the molecule is Cc1nn(C)c(C)c1NC(=O)/C=C/c1ccc(-c2ccc(Br)cc2)s1. The van der Waals surface area contributed by atoms with E-state index < -0.39 is 0 Å². The first-order chi connectivity index (χ1) is 11.9. The molecule has 3 rings (SSSR count). The molecule has 3 aromatic rings. The van der Waals surface area contributed by atoms with Crippen LogP contribution in [0.3, 0.4) is 0 Å². The van der Waals surface area contributed by atoms with Crippen molar-refractivity contribution in [2.45, 2.75) is 13.8 Å². The van der Waals surface area contributed by atoms with Gasteiger partial charge in [-0.1, -0.05) is 28.1 Å². The Balaban J connectivity index is 1.70. The molecule has 6 heteroatoms. The second-order valence-corrected chi connectivity index (χ2v) is 7.73. The Morgan fingerprint density at radius 2 is 1.92 bits per heavy atom. The number of halogens is 1. The smallest absolute Gasteiger partial charge is 0.248 e. The van der Waals surface area contributed by atoms with Crippen molar-refractivity contribution in [1.82, 2.24) is 9.78 Å². The van der Waals surface area contributed by atoms with Crippen molar-refractivity contribution in [3.05, 3.63) is 63.2 Å². The molecular formula is C19H18BrN3OS. The molecule has 128 valence electrons. The molecule has 0 bridgehead atoms. The van der Waals surface area contributed by atoms with Crippen LogP contribution < -0.4 is 5.32 Å². The van der Waals surface area contributed by atoms with E-state index in [2.05, 4.69) is 44.5 Å². The van der Waals surface area contributed by atoms with Gasteiger partial charge in [0.2, 0.25) is 5.91 Å². The fourth-order valence-electron chi connectivity index (χ4n) is 2.49. The molecule has 25 heavy (non-hydrogen) atoms. The Bertz CT molecular complexity index is 938. The minimum atomic E-state index is -0.155. The molecule has 0 unspecified atom stereocenters. The third kappa shape index (κ3) is 4.08. The van der Waals surface area contributed by atoms with Gasteiger partial charge in [0.1, 0.15) is 0 Å². The van der Waals surface area contributed by atoms with Crippen LogP contribution in [0.15, 0.2) is 46.9 Å². The summed E-state index contributed by atoms with van der Waals surface area (Å²) in [6.07, 6.45) is 3.40. The fraction of sp³-hybridized carbons (Fsp3) is 0.158. The number of hydrogen-bond donors (Lipinski definition) is 1. The van der Waals surface area contributed by atoms with Crippen LogP contribution in [0.2, 0.25) is 0 Å². The number of benzene rings is 1. The third-order valence-electron chi connectivity index (χ3n) is 3.91. The fourth-order valence-corrected chi connectivity index (χ4v) is 3.67. The third-order valence-corrected chi connectivity index (χ3v) is 5.54. The van der Waals surface area contributed by atoms with Gasteiger partial charge in [-0.2, -0.15) is 5.10 Å². The average Bonchev–Trinajstić information content (AvgIpc) is 3.14. The first-order valence-corrected chi connectivity index (χ1v) is 9.40. The zero-order chi connectivity index (χ0) is 18.0. The lowest BCUT2D eigenvalue weighted by atomic mass is 10.2. The number of carbonyl (C=O) groups is 1. The maximum atomic E-state index is 12.2. The van der Waals surface area contributed by atoms with E-state index in [4.69, 9.17) is 0 Å². The maximum absolute atomic E-state index is 12.2. The van der Waals surface area contributed by atoms with Gasteiger partial charge in [0.05, 0.1) is 17.1 Å². The molecule has 0 atom stereocenters. The highest BCUT2D eigenvalue weighted by Gasteiger charge is 2.10. The van der Waals surface area contributed by atoms with Crippen molar-refractivity contribution in [3.63, 3.8) is 0 Å². The summed E-state index contributed by atoms with van der Waals surface area (Å²) >= 11 is 5.10. The highest BCUT2D eigenvalue weighted by atomic mass is 79.9. The monoisotopic (exact) mass is 415 g/mol. The number of aromatic nitrogens is 2. The summed E-state index contributed by atoms with van der Waals surface area (Å²) in [5.41, 5.74) is 3.70. The summed E-state index contributed by atoms with van der Waals surface area (Å²) in [5, 5.41) is 7.21. The summed E-state index contributed by atoms with van der Waals surface area (Å²) in [7, 11) is 1.86. The molecule has 0 aliphatic heterocycles. The van der Waals surface area contributed by atoms with Crippen LogP contribution in [0, 0.1) is 13.8 Å². The predicted molar refractivity (Wildman–Crippen MR) is 108 cm³/mol. The van der Waals surface area contributed by atoms with Gasteiger partial charge in [-0.25, -0.2) is 0 Å². The molecule has 0 spiro atoms. The van der Waals surface area contributed by atoms with Gasteiger partial charge in [0.25, 0.3) is 0 Å². The maximum Gasteiger partial charge on any atom is 0.248 e. The van der Waals surface area contributed by atoms with Gasteiger partial charge >= 0.3 is 0 Å². The number of nitrogens with zero attached hydrogens (tertiary/aromatic N) is 2. The minimum Gasteiger partial charge on any atom is -0.319 e. The summed E-state index contributed by atoms with van der Waals surface area (Å²) < 4.78 is 2.82. The molecule has 2 aromatic heterocycles. The zero-order valence-corrected chi connectivity index (χ0v) is 16.6. The number of aryl methyl sites for hydroxylation is 2. The predicted octanol–water partition coefficient (Wildman–Crippen LogP) is 5.18. The molecule has 0 saturated carbocycles. The van der Waals surface area contributed by atoms with Gasteiger partial charge in [-0.05, 0) is 49.8 Å². The van der Waals surface area contributed by atoms with E-state index in [-0.39, 0.29) is 5.91 Å². The van der Waals surface area contributed by atoms with Crippen LogP contribution >= 0.6 is 27.3 Å². The Morgan fingerprint density at radius 3 is 2.56 bits per heavy atom. The lowest BCUT2D eigenvalue weighted by Crippen LogP contribution is -2.09. The molecule has 0 radical (unpaired) electrons. The van der Waals surface area contributed by atoms with Gasteiger partial charge in [-0.3, -0.25) is 9.48 Å². The average molecular weight is 416 g/mol. The van der Waals surface area contributed by atoms with Gasteiger partial charge in [0, 0.05) is 27.4 Å². The van der Waals surface area contributed by atoms with Crippen LogP contribution in [0.25, 0.3) is 16.5 Å². The number of nitrogens with one attached hydrogen (secondary N) is 1. The Hall–Kier alpha value is -2.18. The van der Waals surface area contributed by atoms with E-state index in [1.807, 2.05) is 45.2 Å². The van der Waals surface area contributed by atoms with Crippen molar-refractivity contribution >= 4 is 44.9 Å². The molecule has 0 saturated heterocycles. The van der Waals surface area contributed by atoms with E-state index in [0.717, 1.165) is 26.4 Å². The number of hydrogen-bond acceptors (Lipinski definition) is 3. The molecule has 4 nitrogen and oxygen atoms in total. The standard InChI is InChI=1S/C19H18BrN3OS/c1-12-19(13(2)23(3)22-12)21-18(24)11-9-16-8-10-17(25-16)14-4-6-15(20)7-5-14/h4-11H,1-3H3,(H,21,24)/b11-9+. The van der Waals surface area contributed by atoms with Crippen molar-refractivity contribution in [2.75, 3.05) is 5.32 Å². The molecule has 0 fully saturated rings. The normalized spacial score (nSPS) is 11.2. The number of thiophene rings is 1. The van der Waals surface area contributed by atoms with Crippen molar-refractivity contribution in [1.29, 1.82) is 0 Å². The summed E-state index contributed by atoms with van der Waals surface area (Å²) in [4.78, 5) is 14.4. The first-order valence-electron chi connectivity index (χ1n) is 7.79. The van der Waals surface area contributed by atoms with Crippen LogP contribution in [0.4, 0.5) is 5.69 Å². The minimum absolute atomic E-state index is 0.155. The van der Waals surface area contributed by atoms with Crippen molar-refractivity contribution in [3.8, 4) is 10.4 Å². The summed E-state index contributed by atoms with van der Waals surface area (Å²) in [6, 6.07) is 12.3. The van der Waals surface area contributed by atoms with Gasteiger partial charge < -0.3 is 5.32 Å². The van der Waals surface area contributed by atoms with E-state index >= 15 is 0 Å². The topological polar surface area (TPSA) is 46.9 Å². The van der Waals surface area contributed by atoms with E-state index in [1.165, 1.54) is 10.4 Å². The largest absolute Gasteiger partial charge is 0.319 e. The van der Waals surface area contributed by atoms with Crippen LogP contribution in [-0.2, 0) is 11.8 Å². The van der Waals surface area contributed by atoms with E-state index in [9.17, 15) is 4.79 Å².